The maximum atomic E-state index is 6.16. The van der Waals surface area contributed by atoms with E-state index in [0.717, 1.165) is 29.6 Å². The number of halogens is 2. The van der Waals surface area contributed by atoms with Crippen molar-refractivity contribution in [1.82, 2.24) is 9.55 Å². The van der Waals surface area contributed by atoms with Crippen molar-refractivity contribution in [3.63, 3.8) is 0 Å². The topological polar surface area (TPSA) is 29.9 Å². The van der Waals surface area contributed by atoms with Crippen molar-refractivity contribution in [2.24, 2.45) is 7.05 Å². The second-order valence-corrected chi connectivity index (χ2v) is 5.14. The van der Waals surface area contributed by atoms with Gasteiger partial charge in [0, 0.05) is 13.1 Å². The van der Waals surface area contributed by atoms with Crippen LogP contribution in [0, 0.1) is 0 Å². The fourth-order valence-corrected chi connectivity index (χ4v) is 2.45. The minimum atomic E-state index is 0.447. The Morgan fingerprint density at radius 3 is 2.56 bits per heavy atom. The van der Waals surface area contributed by atoms with Gasteiger partial charge in [-0.25, -0.2) is 4.98 Å². The number of aromatic nitrogens is 2. The Bertz CT molecular complexity index is 559. The van der Waals surface area contributed by atoms with E-state index in [-0.39, 0.29) is 0 Å². The van der Waals surface area contributed by atoms with Crippen LogP contribution in [-0.4, -0.2) is 15.6 Å². The molecule has 1 N–H and O–H groups in total. The van der Waals surface area contributed by atoms with Crippen LogP contribution in [0.3, 0.4) is 0 Å². The molecule has 98 valence electrons. The molecule has 0 aliphatic rings. The van der Waals surface area contributed by atoms with Gasteiger partial charge in [-0.15, -0.1) is 0 Å². The number of benzene rings is 1. The van der Waals surface area contributed by atoms with Gasteiger partial charge in [-0.2, -0.15) is 0 Å². The summed E-state index contributed by atoms with van der Waals surface area (Å²) in [5.41, 5.74) is 2.74. The zero-order valence-corrected chi connectivity index (χ0v) is 12.3. The minimum Gasteiger partial charge on any atom is -0.381 e. The highest BCUT2D eigenvalue weighted by Crippen LogP contribution is 2.32. The third-order valence-corrected chi connectivity index (χ3v) is 3.91. The molecule has 18 heavy (non-hydrogen) atoms. The minimum absolute atomic E-state index is 0.447. The zero-order valence-electron chi connectivity index (χ0n) is 10.8. The molecule has 3 nitrogen and oxygen atoms in total. The van der Waals surface area contributed by atoms with E-state index in [4.69, 9.17) is 23.2 Å². The molecule has 0 fully saturated rings. The smallest absolute Gasteiger partial charge is 0.203 e. The lowest BCUT2D eigenvalue weighted by Crippen LogP contribution is -2.17. The predicted octanol–water partition coefficient (Wildman–Crippen LogP) is 4.48. The number of imidazole rings is 1. The van der Waals surface area contributed by atoms with Gasteiger partial charge in [0.15, 0.2) is 0 Å². The Kier molecular flexibility index (Phi) is 4.03. The number of nitrogens with zero attached hydrogens (tertiary/aromatic N) is 2. The van der Waals surface area contributed by atoms with E-state index >= 15 is 0 Å². The first-order valence-corrected chi connectivity index (χ1v) is 6.91. The monoisotopic (exact) mass is 285 g/mol. The Morgan fingerprint density at radius 2 is 1.94 bits per heavy atom. The van der Waals surface area contributed by atoms with Crippen molar-refractivity contribution < 1.29 is 0 Å². The van der Waals surface area contributed by atoms with Crippen molar-refractivity contribution in [3.05, 3.63) is 22.4 Å². The Labute approximate surface area is 117 Å². The number of hydrogen-bond acceptors (Lipinski definition) is 2. The molecular weight excluding hydrogens is 269 g/mol. The summed E-state index contributed by atoms with van der Waals surface area (Å²) >= 11 is 12.2. The standard InChI is InChI=1S/C13H17Cl2N3/c1-4-8(5-2)16-10-7-6-9(14)11-12(10)18(3)13(15)17-11/h6-8,16H,4-5H2,1-3H3. The van der Waals surface area contributed by atoms with Crippen LogP contribution in [0.25, 0.3) is 11.0 Å². The largest absolute Gasteiger partial charge is 0.381 e. The highest BCUT2D eigenvalue weighted by molar-refractivity contribution is 6.36. The maximum Gasteiger partial charge on any atom is 0.203 e. The third-order valence-electron chi connectivity index (χ3n) is 3.26. The van der Waals surface area contributed by atoms with Crippen molar-refractivity contribution >= 4 is 39.9 Å². The van der Waals surface area contributed by atoms with Crippen LogP contribution in [0.15, 0.2) is 12.1 Å². The van der Waals surface area contributed by atoms with E-state index < -0.39 is 0 Å². The van der Waals surface area contributed by atoms with Gasteiger partial charge in [-0.05, 0) is 36.6 Å². The van der Waals surface area contributed by atoms with Gasteiger partial charge < -0.3 is 9.88 Å². The molecule has 0 saturated heterocycles. The fraction of sp³-hybridized carbons (Fsp3) is 0.462. The van der Waals surface area contributed by atoms with Crippen molar-refractivity contribution in [2.75, 3.05) is 5.32 Å². The highest BCUT2D eigenvalue weighted by Gasteiger charge is 2.14. The van der Waals surface area contributed by atoms with Gasteiger partial charge in [0.1, 0.15) is 5.52 Å². The fourth-order valence-electron chi connectivity index (χ4n) is 2.09. The van der Waals surface area contributed by atoms with Crippen LogP contribution in [0.4, 0.5) is 5.69 Å². The lowest BCUT2D eigenvalue weighted by molar-refractivity contribution is 0.672. The summed E-state index contributed by atoms with van der Waals surface area (Å²) in [6, 6.07) is 4.29. The number of anilines is 1. The summed E-state index contributed by atoms with van der Waals surface area (Å²) < 4.78 is 1.85. The summed E-state index contributed by atoms with van der Waals surface area (Å²) in [4.78, 5) is 4.29. The molecule has 0 bridgehead atoms. The first-order valence-electron chi connectivity index (χ1n) is 6.15. The van der Waals surface area contributed by atoms with E-state index in [2.05, 4.69) is 24.1 Å². The third kappa shape index (κ3) is 2.29. The normalized spacial score (nSPS) is 11.4. The molecule has 2 aromatic rings. The Balaban J connectivity index is 2.54. The lowest BCUT2D eigenvalue weighted by Gasteiger charge is -2.17. The number of hydrogen-bond donors (Lipinski definition) is 1. The molecule has 1 aromatic carbocycles. The van der Waals surface area contributed by atoms with Crippen LogP contribution in [0.5, 0.6) is 0 Å². The summed E-state index contributed by atoms with van der Waals surface area (Å²) in [7, 11) is 1.89. The Morgan fingerprint density at radius 1 is 1.28 bits per heavy atom. The van der Waals surface area contributed by atoms with E-state index in [9.17, 15) is 0 Å². The predicted molar refractivity (Wildman–Crippen MR) is 78.7 cm³/mol. The van der Waals surface area contributed by atoms with Crippen LogP contribution < -0.4 is 5.32 Å². The maximum absolute atomic E-state index is 6.16. The van der Waals surface area contributed by atoms with Gasteiger partial charge in [-0.3, -0.25) is 0 Å². The first kappa shape index (κ1) is 13.5. The van der Waals surface area contributed by atoms with Crippen LogP contribution in [-0.2, 0) is 7.05 Å². The van der Waals surface area contributed by atoms with Gasteiger partial charge in [0.25, 0.3) is 0 Å². The molecule has 5 heteroatoms. The number of nitrogens with one attached hydrogen (secondary N) is 1. The molecule has 0 atom stereocenters. The molecule has 0 amide bonds. The molecule has 2 rings (SSSR count). The van der Waals surface area contributed by atoms with Gasteiger partial charge >= 0.3 is 0 Å². The molecule has 0 aliphatic carbocycles. The second kappa shape index (κ2) is 5.37. The second-order valence-electron chi connectivity index (χ2n) is 4.39. The lowest BCUT2D eigenvalue weighted by atomic mass is 10.1. The average Bonchev–Trinajstić information content (AvgIpc) is 2.67. The van der Waals surface area contributed by atoms with E-state index in [0.29, 0.717) is 16.3 Å². The van der Waals surface area contributed by atoms with Crippen molar-refractivity contribution in [1.29, 1.82) is 0 Å². The van der Waals surface area contributed by atoms with Crippen molar-refractivity contribution in [3.8, 4) is 0 Å². The zero-order chi connectivity index (χ0) is 13.3. The summed E-state index contributed by atoms with van der Waals surface area (Å²) in [6.07, 6.45) is 2.15. The first-order chi connectivity index (χ1) is 8.58. The Hall–Kier alpha value is -0.930. The van der Waals surface area contributed by atoms with Gasteiger partial charge in [-0.1, -0.05) is 25.4 Å². The number of rotatable bonds is 4. The summed E-state index contributed by atoms with van der Waals surface area (Å²) in [6.45, 7) is 4.34. The summed E-state index contributed by atoms with van der Waals surface area (Å²) in [5.74, 6) is 0. The van der Waals surface area contributed by atoms with Crippen molar-refractivity contribution in [2.45, 2.75) is 32.7 Å². The molecule has 1 heterocycles. The molecule has 0 saturated carbocycles. The molecule has 0 unspecified atom stereocenters. The van der Waals surface area contributed by atoms with Crippen LogP contribution in [0.1, 0.15) is 26.7 Å². The number of aryl methyl sites for hydroxylation is 1. The van der Waals surface area contributed by atoms with Gasteiger partial charge in [0.2, 0.25) is 5.28 Å². The van der Waals surface area contributed by atoms with Gasteiger partial charge in [0.05, 0.1) is 16.2 Å². The highest BCUT2D eigenvalue weighted by atomic mass is 35.5. The quantitative estimate of drug-likeness (QED) is 0.898. The van der Waals surface area contributed by atoms with Crippen LogP contribution in [0.2, 0.25) is 10.3 Å². The SMILES string of the molecule is CCC(CC)Nc1ccc(Cl)c2nc(Cl)n(C)c12. The molecule has 0 aliphatic heterocycles. The number of fused-ring (bicyclic) bond motifs is 1. The summed E-state index contributed by atoms with van der Waals surface area (Å²) in [5, 5.41) is 4.60. The van der Waals surface area contributed by atoms with Crippen LogP contribution >= 0.6 is 23.2 Å². The van der Waals surface area contributed by atoms with E-state index in [1.165, 1.54) is 0 Å². The molecular formula is C13H17Cl2N3. The molecule has 0 radical (unpaired) electrons. The molecule has 1 aromatic heterocycles. The van der Waals surface area contributed by atoms with E-state index in [1.54, 1.807) is 0 Å². The average molecular weight is 286 g/mol. The molecule has 0 spiro atoms. The van der Waals surface area contributed by atoms with E-state index in [1.807, 2.05) is 23.7 Å².